The first-order valence-corrected chi connectivity index (χ1v) is 6.56. The van der Waals surface area contributed by atoms with Crippen LogP contribution in [0.2, 0.25) is 0 Å². The zero-order valence-electron chi connectivity index (χ0n) is 11.1. The topological polar surface area (TPSA) is 21.3 Å². The van der Waals surface area contributed by atoms with Crippen LogP contribution in [0.25, 0.3) is 0 Å². The predicted octanol–water partition coefficient (Wildman–Crippen LogP) is 3.07. The Hall–Kier alpha value is -0.860. The third-order valence-electron chi connectivity index (χ3n) is 3.30. The van der Waals surface area contributed by atoms with Crippen molar-refractivity contribution in [2.75, 3.05) is 13.2 Å². The van der Waals surface area contributed by atoms with E-state index in [1.807, 2.05) is 0 Å². The zero-order chi connectivity index (χ0) is 12.3. The van der Waals surface area contributed by atoms with E-state index in [0.717, 1.165) is 19.1 Å². The largest absolute Gasteiger partial charge is 0.371 e. The second-order valence-corrected chi connectivity index (χ2v) is 5.47. The Morgan fingerprint density at radius 2 is 2.00 bits per heavy atom. The molecule has 2 nitrogen and oxygen atoms in total. The minimum Gasteiger partial charge on any atom is -0.371 e. The number of rotatable bonds is 3. The maximum absolute atomic E-state index is 5.95. The van der Waals surface area contributed by atoms with Crippen molar-refractivity contribution in [3.05, 3.63) is 35.4 Å². The maximum Gasteiger partial charge on any atom is 0.0950 e. The van der Waals surface area contributed by atoms with Gasteiger partial charge in [-0.1, -0.05) is 43.7 Å². The molecule has 1 saturated heterocycles. The minimum absolute atomic E-state index is 0.221. The molecule has 94 valence electrons. The van der Waals surface area contributed by atoms with Gasteiger partial charge in [0.1, 0.15) is 0 Å². The van der Waals surface area contributed by atoms with Crippen molar-refractivity contribution in [3.8, 4) is 0 Å². The summed E-state index contributed by atoms with van der Waals surface area (Å²) in [4.78, 5) is 0. The van der Waals surface area contributed by atoms with Gasteiger partial charge in [-0.2, -0.15) is 0 Å². The molecule has 0 aromatic heterocycles. The molecule has 1 fully saturated rings. The molecule has 2 heteroatoms. The summed E-state index contributed by atoms with van der Waals surface area (Å²) in [6.07, 6.45) is 1.42. The Balaban J connectivity index is 1.88. The summed E-state index contributed by atoms with van der Waals surface area (Å²) in [7, 11) is 0. The lowest BCUT2D eigenvalue weighted by Crippen LogP contribution is -2.43. The van der Waals surface area contributed by atoms with Crippen LogP contribution in [0.1, 0.15) is 37.5 Å². The Bertz CT molecular complexity index is 336. The number of nitrogens with one attached hydrogen (secondary N) is 1. The van der Waals surface area contributed by atoms with E-state index in [1.54, 1.807) is 0 Å². The SMILES string of the molecule is Cc1ccc(C2CNC(CC(C)C)CO2)cc1. The van der Waals surface area contributed by atoms with Crippen LogP contribution in [0.3, 0.4) is 0 Å². The molecule has 2 rings (SSSR count). The average molecular weight is 233 g/mol. The van der Waals surface area contributed by atoms with Crippen molar-refractivity contribution < 1.29 is 4.74 Å². The van der Waals surface area contributed by atoms with Gasteiger partial charge in [-0.3, -0.25) is 0 Å². The molecule has 0 radical (unpaired) electrons. The molecule has 2 unspecified atom stereocenters. The normalized spacial score (nSPS) is 25.2. The highest BCUT2D eigenvalue weighted by atomic mass is 16.5. The van der Waals surface area contributed by atoms with Gasteiger partial charge < -0.3 is 10.1 Å². The van der Waals surface area contributed by atoms with Gasteiger partial charge in [-0.25, -0.2) is 0 Å². The van der Waals surface area contributed by atoms with Gasteiger partial charge in [0, 0.05) is 12.6 Å². The number of ether oxygens (including phenoxy) is 1. The van der Waals surface area contributed by atoms with Gasteiger partial charge in [-0.15, -0.1) is 0 Å². The fourth-order valence-electron chi connectivity index (χ4n) is 2.34. The van der Waals surface area contributed by atoms with E-state index in [1.165, 1.54) is 17.5 Å². The van der Waals surface area contributed by atoms with Gasteiger partial charge in [0.25, 0.3) is 0 Å². The molecule has 1 aliphatic heterocycles. The number of aryl methyl sites for hydroxylation is 1. The van der Waals surface area contributed by atoms with Gasteiger partial charge in [0.15, 0.2) is 0 Å². The molecule has 0 saturated carbocycles. The Kier molecular flexibility index (Phi) is 4.19. The van der Waals surface area contributed by atoms with E-state index in [-0.39, 0.29) is 6.10 Å². The van der Waals surface area contributed by atoms with Gasteiger partial charge in [0.2, 0.25) is 0 Å². The molecule has 1 N–H and O–H groups in total. The summed E-state index contributed by atoms with van der Waals surface area (Å²) in [5.74, 6) is 0.729. The van der Waals surface area contributed by atoms with Crippen LogP contribution in [0.5, 0.6) is 0 Å². The zero-order valence-corrected chi connectivity index (χ0v) is 11.1. The maximum atomic E-state index is 5.95. The van der Waals surface area contributed by atoms with Crippen molar-refractivity contribution >= 4 is 0 Å². The summed E-state index contributed by atoms with van der Waals surface area (Å²) in [5.41, 5.74) is 2.58. The molecule has 0 spiro atoms. The quantitative estimate of drug-likeness (QED) is 0.866. The van der Waals surface area contributed by atoms with Crippen molar-refractivity contribution in [2.24, 2.45) is 5.92 Å². The molecule has 0 bridgehead atoms. The molecule has 17 heavy (non-hydrogen) atoms. The summed E-state index contributed by atoms with van der Waals surface area (Å²) in [5, 5.41) is 3.59. The molecule has 1 aliphatic rings. The predicted molar refractivity (Wildman–Crippen MR) is 71.1 cm³/mol. The molecular weight excluding hydrogens is 210 g/mol. The lowest BCUT2D eigenvalue weighted by molar-refractivity contribution is -0.00131. The van der Waals surface area contributed by atoms with Gasteiger partial charge in [-0.05, 0) is 24.8 Å². The molecule has 1 heterocycles. The van der Waals surface area contributed by atoms with E-state index >= 15 is 0 Å². The van der Waals surface area contributed by atoms with E-state index in [4.69, 9.17) is 4.74 Å². The summed E-state index contributed by atoms with van der Waals surface area (Å²) < 4.78 is 5.95. The Morgan fingerprint density at radius 1 is 1.29 bits per heavy atom. The van der Waals surface area contributed by atoms with E-state index in [2.05, 4.69) is 50.4 Å². The van der Waals surface area contributed by atoms with Crippen LogP contribution in [0.4, 0.5) is 0 Å². The number of hydrogen-bond donors (Lipinski definition) is 1. The van der Waals surface area contributed by atoms with Gasteiger partial charge >= 0.3 is 0 Å². The summed E-state index contributed by atoms with van der Waals surface area (Å²) in [6.45, 7) is 8.39. The molecular formula is C15H23NO. The second-order valence-electron chi connectivity index (χ2n) is 5.47. The highest BCUT2D eigenvalue weighted by Crippen LogP contribution is 2.22. The first-order chi connectivity index (χ1) is 8.15. The first kappa shape index (κ1) is 12.6. The van der Waals surface area contributed by atoms with Crippen LogP contribution < -0.4 is 5.32 Å². The highest BCUT2D eigenvalue weighted by molar-refractivity contribution is 5.23. The third kappa shape index (κ3) is 3.55. The summed E-state index contributed by atoms with van der Waals surface area (Å²) >= 11 is 0. The fraction of sp³-hybridized carbons (Fsp3) is 0.600. The number of hydrogen-bond acceptors (Lipinski definition) is 2. The first-order valence-electron chi connectivity index (χ1n) is 6.56. The average Bonchev–Trinajstić information content (AvgIpc) is 2.30. The lowest BCUT2D eigenvalue weighted by Gasteiger charge is -2.31. The van der Waals surface area contributed by atoms with E-state index in [0.29, 0.717) is 6.04 Å². The Labute approximate surface area is 104 Å². The third-order valence-corrected chi connectivity index (χ3v) is 3.30. The molecule has 1 aromatic rings. The molecule has 2 atom stereocenters. The Morgan fingerprint density at radius 3 is 2.53 bits per heavy atom. The lowest BCUT2D eigenvalue weighted by atomic mass is 10.0. The van der Waals surface area contributed by atoms with Crippen LogP contribution in [-0.4, -0.2) is 19.2 Å². The molecule has 0 amide bonds. The van der Waals surface area contributed by atoms with Crippen molar-refractivity contribution in [2.45, 2.75) is 39.3 Å². The standard InChI is InChI=1S/C15H23NO/c1-11(2)8-14-10-17-15(9-16-14)13-6-4-12(3)5-7-13/h4-7,11,14-16H,8-10H2,1-3H3. The van der Waals surface area contributed by atoms with Crippen molar-refractivity contribution in [3.63, 3.8) is 0 Å². The van der Waals surface area contributed by atoms with Crippen molar-refractivity contribution in [1.82, 2.24) is 5.32 Å². The molecule has 1 aromatic carbocycles. The fourth-order valence-corrected chi connectivity index (χ4v) is 2.34. The van der Waals surface area contributed by atoms with Crippen molar-refractivity contribution in [1.29, 1.82) is 0 Å². The van der Waals surface area contributed by atoms with Crippen LogP contribution in [0, 0.1) is 12.8 Å². The van der Waals surface area contributed by atoms with Crippen LogP contribution in [0.15, 0.2) is 24.3 Å². The minimum atomic E-state index is 0.221. The smallest absolute Gasteiger partial charge is 0.0950 e. The number of benzene rings is 1. The van der Waals surface area contributed by atoms with Crippen LogP contribution >= 0.6 is 0 Å². The highest BCUT2D eigenvalue weighted by Gasteiger charge is 2.22. The van der Waals surface area contributed by atoms with Crippen LogP contribution in [-0.2, 0) is 4.74 Å². The van der Waals surface area contributed by atoms with E-state index < -0.39 is 0 Å². The summed E-state index contributed by atoms with van der Waals surface area (Å²) in [6, 6.07) is 9.17. The number of morpholine rings is 1. The van der Waals surface area contributed by atoms with E-state index in [9.17, 15) is 0 Å². The molecule has 0 aliphatic carbocycles. The van der Waals surface area contributed by atoms with Gasteiger partial charge in [0.05, 0.1) is 12.7 Å². The monoisotopic (exact) mass is 233 g/mol. The second kappa shape index (κ2) is 5.65.